The molecule has 0 saturated carbocycles. The van der Waals surface area contributed by atoms with Crippen LogP contribution in [0.3, 0.4) is 0 Å². The Kier molecular flexibility index (Phi) is 5.72. The zero-order valence-electron chi connectivity index (χ0n) is 15.8. The minimum Gasteiger partial charge on any atom is -0.434 e. The Labute approximate surface area is 184 Å². The minimum absolute atomic E-state index is 0.208. The molecule has 4 aromatic rings. The molecule has 9 nitrogen and oxygen atoms in total. The van der Waals surface area contributed by atoms with E-state index in [0.717, 1.165) is 21.6 Å². The molecule has 0 aliphatic carbocycles. The number of carbonyl (C=O) groups excluding carboxylic acids is 1. The van der Waals surface area contributed by atoms with E-state index in [1.165, 1.54) is 0 Å². The molecule has 0 fully saturated rings. The maximum Gasteiger partial charge on any atom is 0.374 e. The topological polar surface area (TPSA) is 119 Å². The maximum absolute atomic E-state index is 12.7. The first kappa shape index (κ1) is 20.2. The van der Waals surface area contributed by atoms with Crippen LogP contribution in [-0.4, -0.2) is 20.8 Å². The molecule has 1 heterocycles. The van der Waals surface area contributed by atoms with Crippen LogP contribution in [0.4, 0.5) is 11.5 Å². The van der Waals surface area contributed by atoms with E-state index in [9.17, 15) is 14.9 Å². The van der Waals surface area contributed by atoms with Crippen LogP contribution < -0.4 is 15.6 Å². The summed E-state index contributed by atoms with van der Waals surface area (Å²) in [4.78, 5) is 31.4. The lowest BCUT2D eigenvalue weighted by Crippen LogP contribution is -2.30. The third-order valence-electron chi connectivity index (χ3n) is 4.33. The molecule has 0 bridgehead atoms. The average Bonchev–Trinajstić information content (AvgIpc) is 2.78. The van der Waals surface area contributed by atoms with Crippen molar-refractivity contribution in [2.45, 2.75) is 0 Å². The molecule has 2 N–H and O–H groups in total. The standard InChI is InChI=1S/C21H14BrN5O4/c22-14-8-10-15(11-9-14)31-21-18(27(29)30)19(23-12-24-21)25-26-20(28)17-7-3-5-13-4-1-2-6-16(13)17/h1-12H,(H,26,28)(H,23,24,25). The molecule has 0 spiro atoms. The predicted molar refractivity (Wildman–Crippen MR) is 118 cm³/mol. The van der Waals surface area contributed by atoms with E-state index >= 15 is 0 Å². The largest absolute Gasteiger partial charge is 0.434 e. The van der Waals surface area contributed by atoms with Gasteiger partial charge in [-0.25, -0.2) is 4.98 Å². The van der Waals surface area contributed by atoms with Crippen molar-refractivity contribution >= 4 is 44.1 Å². The van der Waals surface area contributed by atoms with Crippen LogP contribution in [0.2, 0.25) is 0 Å². The van der Waals surface area contributed by atoms with Crippen LogP contribution >= 0.6 is 15.9 Å². The van der Waals surface area contributed by atoms with Gasteiger partial charge in [-0.3, -0.25) is 25.8 Å². The molecule has 0 saturated heterocycles. The number of hydrazine groups is 1. The summed E-state index contributed by atoms with van der Waals surface area (Å²) in [5.41, 5.74) is 4.87. The van der Waals surface area contributed by atoms with Gasteiger partial charge in [0.1, 0.15) is 12.1 Å². The average molecular weight is 480 g/mol. The van der Waals surface area contributed by atoms with E-state index in [1.807, 2.05) is 30.3 Å². The summed E-state index contributed by atoms with van der Waals surface area (Å²) in [5.74, 6) is -0.583. The van der Waals surface area contributed by atoms with Crippen LogP contribution in [0.15, 0.2) is 77.5 Å². The highest BCUT2D eigenvalue weighted by atomic mass is 79.9. The lowest BCUT2D eigenvalue weighted by molar-refractivity contribution is -0.385. The van der Waals surface area contributed by atoms with Crippen LogP contribution in [0.5, 0.6) is 11.6 Å². The predicted octanol–water partition coefficient (Wildman–Crippen LogP) is 4.85. The fourth-order valence-corrected chi connectivity index (χ4v) is 3.18. The minimum atomic E-state index is -0.680. The van der Waals surface area contributed by atoms with E-state index in [2.05, 4.69) is 36.7 Å². The zero-order chi connectivity index (χ0) is 21.8. The smallest absolute Gasteiger partial charge is 0.374 e. The molecule has 10 heteroatoms. The third kappa shape index (κ3) is 4.43. The summed E-state index contributed by atoms with van der Waals surface area (Å²) in [6.07, 6.45) is 1.10. The monoisotopic (exact) mass is 479 g/mol. The van der Waals surface area contributed by atoms with Crippen LogP contribution in [0.1, 0.15) is 10.4 Å². The van der Waals surface area contributed by atoms with Crippen molar-refractivity contribution in [3.63, 3.8) is 0 Å². The third-order valence-corrected chi connectivity index (χ3v) is 4.86. The van der Waals surface area contributed by atoms with Crippen molar-refractivity contribution in [3.8, 4) is 11.6 Å². The normalized spacial score (nSPS) is 10.5. The number of carbonyl (C=O) groups is 1. The summed E-state index contributed by atoms with van der Waals surface area (Å²) in [6.45, 7) is 0. The van der Waals surface area contributed by atoms with Crippen LogP contribution in [-0.2, 0) is 0 Å². The van der Waals surface area contributed by atoms with Gasteiger partial charge in [0.2, 0.25) is 5.82 Å². The fraction of sp³-hybridized carbons (Fsp3) is 0. The number of nitrogens with one attached hydrogen (secondary N) is 2. The Morgan fingerprint density at radius 2 is 1.74 bits per heavy atom. The van der Waals surface area contributed by atoms with Crippen molar-refractivity contribution in [1.82, 2.24) is 15.4 Å². The summed E-state index contributed by atoms with van der Waals surface area (Å²) in [5, 5.41) is 13.3. The maximum atomic E-state index is 12.7. The molecular weight excluding hydrogens is 466 g/mol. The number of benzene rings is 3. The number of anilines is 1. The van der Waals surface area contributed by atoms with Gasteiger partial charge in [-0.2, -0.15) is 4.98 Å². The van der Waals surface area contributed by atoms with Gasteiger partial charge in [0, 0.05) is 10.0 Å². The molecule has 0 atom stereocenters. The van der Waals surface area contributed by atoms with Gasteiger partial charge in [0.05, 0.1) is 4.92 Å². The highest BCUT2D eigenvalue weighted by molar-refractivity contribution is 9.10. The van der Waals surface area contributed by atoms with Gasteiger partial charge in [0.15, 0.2) is 0 Å². The number of ether oxygens (including phenoxy) is 1. The quantitative estimate of drug-likeness (QED) is 0.299. The number of halogens is 1. The molecule has 3 aromatic carbocycles. The van der Waals surface area contributed by atoms with Crippen molar-refractivity contribution < 1.29 is 14.5 Å². The Balaban J connectivity index is 1.58. The second kappa shape index (κ2) is 8.76. The number of nitro groups is 1. The van der Waals surface area contributed by atoms with E-state index in [0.29, 0.717) is 11.3 Å². The molecular formula is C21H14BrN5O4. The van der Waals surface area contributed by atoms with Crippen molar-refractivity contribution in [2.75, 3.05) is 5.43 Å². The zero-order valence-corrected chi connectivity index (χ0v) is 17.4. The van der Waals surface area contributed by atoms with E-state index in [1.54, 1.807) is 36.4 Å². The fourth-order valence-electron chi connectivity index (χ4n) is 2.91. The summed E-state index contributed by atoms with van der Waals surface area (Å²) in [7, 11) is 0. The lowest BCUT2D eigenvalue weighted by Gasteiger charge is -2.11. The second-order valence-electron chi connectivity index (χ2n) is 6.29. The van der Waals surface area contributed by atoms with E-state index in [4.69, 9.17) is 4.74 Å². The van der Waals surface area contributed by atoms with Crippen molar-refractivity contribution in [1.29, 1.82) is 0 Å². The summed E-state index contributed by atoms with van der Waals surface area (Å²) < 4.78 is 6.38. The Morgan fingerprint density at radius 1 is 1.00 bits per heavy atom. The highest BCUT2D eigenvalue weighted by Crippen LogP contribution is 2.34. The van der Waals surface area contributed by atoms with Crippen LogP contribution in [0, 0.1) is 10.1 Å². The number of hydrogen-bond acceptors (Lipinski definition) is 7. The van der Waals surface area contributed by atoms with E-state index < -0.39 is 16.5 Å². The number of aromatic nitrogens is 2. The molecule has 31 heavy (non-hydrogen) atoms. The highest BCUT2D eigenvalue weighted by Gasteiger charge is 2.25. The van der Waals surface area contributed by atoms with Gasteiger partial charge in [-0.05, 0) is 41.1 Å². The van der Waals surface area contributed by atoms with Crippen LogP contribution in [0.25, 0.3) is 10.8 Å². The van der Waals surface area contributed by atoms with E-state index in [-0.39, 0.29) is 11.7 Å². The molecule has 1 amide bonds. The molecule has 154 valence electrons. The number of fused-ring (bicyclic) bond motifs is 1. The second-order valence-corrected chi connectivity index (χ2v) is 7.21. The molecule has 0 unspecified atom stereocenters. The summed E-state index contributed by atoms with van der Waals surface area (Å²) in [6, 6.07) is 19.4. The van der Waals surface area contributed by atoms with Gasteiger partial charge in [0.25, 0.3) is 5.91 Å². The first-order valence-electron chi connectivity index (χ1n) is 9.00. The Morgan fingerprint density at radius 3 is 2.52 bits per heavy atom. The van der Waals surface area contributed by atoms with Gasteiger partial charge in [-0.15, -0.1) is 0 Å². The van der Waals surface area contributed by atoms with Crippen molar-refractivity contribution in [3.05, 3.63) is 93.2 Å². The Hall–Kier alpha value is -4.05. The number of rotatable bonds is 6. The van der Waals surface area contributed by atoms with Crippen molar-refractivity contribution in [2.24, 2.45) is 0 Å². The molecule has 0 aliphatic rings. The lowest BCUT2D eigenvalue weighted by atomic mass is 10.0. The molecule has 1 aromatic heterocycles. The number of amides is 1. The Bertz CT molecular complexity index is 1280. The SMILES string of the molecule is O=C(NNc1ncnc(Oc2ccc(Br)cc2)c1[N+](=O)[O-])c1cccc2ccccc12. The first-order valence-corrected chi connectivity index (χ1v) is 9.79. The molecule has 0 radical (unpaired) electrons. The first-order chi connectivity index (χ1) is 15.0. The molecule has 4 rings (SSSR count). The number of hydrogen-bond donors (Lipinski definition) is 2. The number of nitrogens with zero attached hydrogens (tertiary/aromatic N) is 3. The van der Waals surface area contributed by atoms with Gasteiger partial charge >= 0.3 is 11.6 Å². The van der Waals surface area contributed by atoms with Gasteiger partial charge < -0.3 is 4.74 Å². The van der Waals surface area contributed by atoms with Gasteiger partial charge in [-0.1, -0.05) is 52.3 Å². The summed E-state index contributed by atoms with van der Waals surface area (Å²) >= 11 is 3.31. The molecule has 0 aliphatic heterocycles.